The monoisotopic (exact) mass is 272 g/mol. The number of hydrogen-bond acceptors (Lipinski definition) is 4. The summed E-state index contributed by atoms with van der Waals surface area (Å²) in [6.07, 6.45) is -4.74. The summed E-state index contributed by atoms with van der Waals surface area (Å²) in [7, 11) is 0. The number of alkyl halides is 3. The second-order valence-electron chi connectivity index (χ2n) is 3.60. The maximum absolute atomic E-state index is 12.8. The molecule has 100 valence electrons. The van der Waals surface area contributed by atoms with Crippen LogP contribution in [0.4, 0.5) is 13.2 Å². The summed E-state index contributed by atoms with van der Waals surface area (Å²) in [6, 6.07) is 7.44. The quantitative estimate of drug-likeness (QED) is 0.633. The van der Waals surface area contributed by atoms with Gasteiger partial charge in [0.25, 0.3) is 6.54 Å². The van der Waals surface area contributed by atoms with Gasteiger partial charge in [0, 0.05) is 10.6 Å². The molecule has 1 aromatic carbocycles. The van der Waals surface area contributed by atoms with E-state index in [1.54, 1.807) is 6.07 Å². The van der Waals surface area contributed by atoms with Gasteiger partial charge in [0.15, 0.2) is 0 Å². The number of hydrogen-bond donors (Lipinski definition) is 0. The van der Waals surface area contributed by atoms with Crippen LogP contribution >= 0.6 is 0 Å². The zero-order chi connectivity index (χ0) is 14.0. The third kappa shape index (κ3) is 2.69. The highest BCUT2D eigenvalue weighted by Crippen LogP contribution is 2.30. The van der Waals surface area contributed by atoms with Gasteiger partial charge in [0.1, 0.15) is 0 Å². The van der Waals surface area contributed by atoms with Gasteiger partial charge in [-0.1, -0.05) is 18.2 Å². The van der Waals surface area contributed by atoms with E-state index in [1.165, 1.54) is 24.3 Å². The van der Waals surface area contributed by atoms with E-state index in [2.05, 4.69) is 10.2 Å². The number of aromatic nitrogens is 3. The zero-order valence-corrected chi connectivity index (χ0v) is 9.33. The van der Waals surface area contributed by atoms with E-state index in [9.17, 15) is 23.3 Å². The predicted molar refractivity (Wildman–Crippen MR) is 57.1 cm³/mol. The molecule has 9 heteroatoms. The maximum atomic E-state index is 12.8. The largest absolute Gasteiger partial charge is 0.452 e. The molecule has 0 saturated heterocycles. The maximum Gasteiger partial charge on any atom is 0.452 e. The minimum Gasteiger partial charge on any atom is -0.270 e. The van der Waals surface area contributed by atoms with Crippen LogP contribution in [0.15, 0.2) is 30.3 Å². The SMILES string of the molecule is O=[N+]([O-])Cc1nnc(C(F)(F)F)n1-c1ccccc1. The van der Waals surface area contributed by atoms with E-state index < -0.39 is 23.5 Å². The van der Waals surface area contributed by atoms with Gasteiger partial charge in [-0.2, -0.15) is 13.2 Å². The summed E-state index contributed by atoms with van der Waals surface area (Å²) in [5.74, 6) is -1.65. The predicted octanol–water partition coefficient (Wildman–Crippen LogP) is 2.06. The molecule has 0 unspecified atom stereocenters. The first-order chi connectivity index (χ1) is 8.89. The van der Waals surface area contributed by atoms with Crippen molar-refractivity contribution in [3.05, 3.63) is 52.1 Å². The van der Waals surface area contributed by atoms with E-state index >= 15 is 0 Å². The van der Waals surface area contributed by atoms with Crippen molar-refractivity contribution in [2.75, 3.05) is 0 Å². The van der Waals surface area contributed by atoms with E-state index in [0.29, 0.717) is 4.57 Å². The molecular formula is C10H7F3N4O2. The van der Waals surface area contributed by atoms with Crippen LogP contribution in [0.3, 0.4) is 0 Å². The standard InChI is InChI=1S/C10H7F3N4O2/c11-10(12,13)9-15-14-8(6-16(18)19)17(9)7-4-2-1-3-5-7/h1-5H,6H2. The van der Waals surface area contributed by atoms with Crippen molar-refractivity contribution in [3.8, 4) is 5.69 Å². The lowest BCUT2D eigenvalue weighted by atomic mass is 10.3. The fourth-order valence-electron chi connectivity index (χ4n) is 1.57. The first-order valence-corrected chi connectivity index (χ1v) is 5.08. The van der Waals surface area contributed by atoms with Crippen molar-refractivity contribution in [2.24, 2.45) is 0 Å². The summed E-state index contributed by atoms with van der Waals surface area (Å²) in [6.45, 7) is -0.835. The Labute approximate surface area is 104 Å². The molecule has 0 saturated carbocycles. The van der Waals surface area contributed by atoms with E-state index in [0.717, 1.165) is 0 Å². The Morgan fingerprint density at radius 3 is 2.37 bits per heavy atom. The fourth-order valence-corrected chi connectivity index (χ4v) is 1.57. The van der Waals surface area contributed by atoms with Gasteiger partial charge in [-0.05, 0) is 12.1 Å². The number of benzene rings is 1. The molecule has 0 atom stereocenters. The normalized spacial score (nSPS) is 11.5. The Balaban J connectivity index is 2.60. The van der Waals surface area contributed by atoms with Gasteiger partial charge in [-0.25, -0.2) is 0 Å². The minimum absolute atomic E-state index is 0.122. The molecule has 1 aromatic heterocycles. The zero-order valence-electron chi connectivity index (χ0n) is 9.33. The van der Waals surface area contributed by atoms with Crippen LogP contribution in [0.5, 0.6) is 0 Å². The molecule has 0 bridgehead atoms. The molecule has 0 radical (unpaired) electrons. The Bertz CT molecular complexity index is 595. The van der Waals surface area contributed by atoms with Gasteiger partial charge in [0.05, 0.1) is 0 Å². The van der Waals surface area contributed by atoms with E-state index in [4.69, 9.17) is 0 Å². The van der Waals surface area contributed by atoms with Crippen molar-refractivity contribution in [1.29, 1.82) is 0 Å². The van der Waals surface area contributed by atoms with Gasteiger partial charge in [0.2, 0.25) is 11.6 Å². The van der Waals surface area contributed by atoms with Crippen LogP contribution in [-0.4, -0.2) is 19.7 Å². The lowest BCUT2D eigenvalue weighted by molar-refractivity contribution is -0.498. The Morgan fingerprint density at radius 2 is 1.84 bits per heavy atom. The Hall–Kier alpha value is -2.45. The third-order valence-electron chi connectivity index (χ3n) is 2.27. The summed E-state index contributed by atoms with van der Waals surface area (Å²) in [5.41, 5.74) is 0.122. The smallest absolute Gasteiger partial charge is 0.270 e. The van der Waals surface area contributed by atoms with Crippen LogP contribution in [0.25, 0.3) is 5.69 Å². The highest BCUT2D eigenvalue weighted by molar-refractivity contribution is 5.34. The average Bonchev–Trinajstić information content (AvgIpc) is 2.72. The van der Waals surface area contributed by atoms with E-state index in [1.807, 2.05) is 0 Å². The van der Waals surface area contributed by atoms with Crippen LogP contribution in [0.2, 0.25) is 0 Å². The topological polar surface area (TPSA) is 73.8 Å². The van der Waals surface area contributed by atoms with Crippen LogP contribution < -0.4 is 0 Å². The number of nitro groups is 1. The Morgan fingerprint density at radius 1 is 1.21 bits per heavy atom. The lowest BCUT2D eigenvalue weighted by Crippen LogP contribution is -2.16. The summed E-state index contributed by atoms with van der Waals surface area (Å²) >= 11 is 0. The number of rotatable bonds is 3. The van der Waals surface area contributed by atoms with Gasteiger partial charge >= 0.3 is 6.18 Å². The molecule has 2 rings (SSSR count). The second-order valence-corrected chi connectivity index (χ2v) is 3.60. The van der Waals surface area contributed by atoms with Crippen molar-refractivity contribution in [1.82, 2.24) is 14.8 Å². The molecule has 19 heavy (non-hydrogen) atoms. The summed E-state index contributed by atoms with van der Waals surface area (Å²) < 4.78 is 39.0. The number of halogens is 3. The van der Waals surface area contributed by atoms with Crippen molar-refractivity contribution >= 4 is 0 Å². The second kappa shape index (κ2) is 4.67. The fraction of sp³-hybridized carbons (Fsp3) is 0.200. The van der Waals surface area contributed by atoms with Crippen molar-refractivity contribution in [3.63, 3.8) is 0 Å². The van der Waals surface area contributed by atoms with Crippen LogP contribution in [0, 0.1) is 10.1 Å². The highest BCUT2D eigenvalue weighted by Gasteiger charge is 2.39. The Kier molecular flexibility index (Phi) is 3.19. The minimum atomic E-state index is -4.74. The molecule has 2 aromatic rings. The third-order valence-corrected chi connectivity index (χ3v) is 2.27. The molecule has 6 nitrogen and oxygen atoms in total. The molecule has 1 heterocycles. The molecule has 0 amide bonds. The number of nitrogens with zero attached hydrogens (tertiary/aromatic N) is 4. The van der Waals surface area contributed by atoms with E-state index in [-0.39, 0.29) is 11.5 Å². The highest BCUT2D eigenvalue weighted by atomic mass is 19.4. The van der Waals surface area contributed by atoms with Gasteiger partial charge in [-0.15, -0.1) is 10.2 Å². The molecular weight excluding hydrogens is 265 g/mol. The number of para-hydroxylation sites is 1. The summed E-state index contributed by atoms with van der Waals surface area (Å²) in [5, 5.41) is 16.7. The molecule has 0 aliphatic rings. The van der Waals surface area contributed by atoms with Gasteiger partial charge in [-0.3, -0.25) is 14.7 Å². The average molecular weight is 272 g/mol. The first kappa shape index (κ1) is 13.0. The molecule has 0 aliphatic heterocycles. The van der Waals surface area contributed by atoms with Crippen LogP contribution in [-0.2, 0) is 12.7 Å². The summed E-state index contributed by atoms with van der Waals surface area (Å²) in [4.78, 5) is 9.69. The first-order valence-electron chi connectivity index (χ1n) is 5.08. The van der Waals surface area contributed by atoms with Crippen LogP contribution in [0.1, 0.15) is 11.6 Å². The molecule has 0 N–H and O–H groups in total. The van der Waals surface area contributed by atoms with Crippen molar-refractivity contribution < 1.29 is 18.1 Å². The molecule has 0 aliphatic carbocycles. The molecule has 0 fully saturated rings. The molecule has 0 spiro atoms. The lowest BCUT2D eigenvalue weighted by Gasteiger charge is -2.10. The van der Waals surface area contributed by atoms with Gasteiger partial charge < -0.3 is 0 Å². The van der Waals surface area contributed by atoms with Crippen molar-refractivity contribution in [2.45, 2.75) is 12.7 Å².